The van der Waals surface area contributed by atoms with Crippen LogP contribution in [0.4, 0.5) is 0 Å². The second kappa shape index (κ2) is 6.83. The van der Waals surface area contributed by atoms with Crippen molar-refractivity contribution in [2.75, 3.05) is 6.61 Å². The SMILES string of the molecule is O=P(O)(O)OP(=O)(O)OP(=O)(O)NC(O)[C@H](O)CO. The summed E-state index contributed by atoms with van der Waals surface area (Å²) < 4.78 is 39.1. The standard InChI is InChI=1S/C3H12NO12P3/c5-1-2(6)3(7)4-17(8,9)15-19(13,14)16-18(10,11)12/h2-3,5-7H,1H2,(H,13,14)(H2,4,8,9)(H2,10,11,12)/t2-,3?/m1/s1. The summed E-state index contributed by atoms with van der Waals surface area (Å²) in [7, 11) is -16.4. The van der Waals surface area contributed by atoms with Crippen LogP contribution in [0.3, 0.4) is 0 Å². The molecule has 0 fully saturated rings. The highest BCUT2D eigenvalue weighted by Gasteiger charge is 2.41. The molecule has 4 atom stereocenters. The molecule has 8 N–H and O–H groups in total. The lowest BCUT2D eigenvalue weighted by Gasteiger charge is -2.21. The molecule has 3 unspecified atom stereocenters. The lowest BCUT2D eigenvalue weighted by molar-refractivity contribution is -0.0221. The fourth-order valence-corrected chi connectivity index (χ4v) is 3.94. The Labute approximate surface area is 105 Å². The Morgan fingerprint density at radius 3 is 1.84 bits per heavy atom. The quantitative estimate of drug-likeness (QED) is 0.169. The summed E-state index contributed by atoms with van der Waals surface area (Å²) in [4.78, 5) is 34.2. The smallest absolute Gasteiger partial charge is 0.394 e. The fraction of sp³-hybridized carbons (Fsp3) is 1.00. The third kappa shape index (κ3) is 8.95. The summed E-state index contributed by atoms with van der Waals surface area (Å²) >= 11 is 0. The highest BCUT2D eigenvalue weighted by Crippen LogP contribution is 2.64. The molecule has 0 saturated heterocycles. The van der Waals surface area contributed by atoms with Crippen LogP contribution in [0.2, 0.25) is 0 Å². The largest absolute Gasteiger partial charge is 0.489 e. The van der Waals surface area contributed by atoms with Crippen molar-refractivity contribution < 1.29 is 57.2 Å². The Bertz CT molecular complexity index is 430. The molecule has 16 heteroatoms. The topological polar surface area (TPSA) is 223 Å². The molecule has 19 heavy (non-hydrogen) atoms. The minimum absolute atomic E-state index is 1.02. The first-order valence-electron chi connectivity index (χ1n) is 4.16. The van der Waals surface area contributed by atoms with E-state index in [0.717, 1.165) is 0 Å². The lowest BCUT2D eigenvalue weighted by atomic mass is 10.3. The first kappa shape index (κ1) is 19.3. The van der Waals surface area contributed by atoms with Gasteiger partial charge in [-0.3, -0.25) is 0 Å². The highest BCUT2D eigenvalue weighted by atomic mass is 31.3. The Hall–Kier alpha value is 0.290. The molecule has 0 heterocycles. The van der Waals surface area contributed by atoms with Gasteiger partial charge in [0.1, 0.15) is 12.3 Å². The van der Waals surface area contributed by atoms with Gasteiger partial charge in [0.25, 0.3) is 0 Å². The maximum Gasteiger partial charge on any atom is 0.489 e. The minimum Gasteiger partial charge on any atom is -0.394 e. The molecule has 0 aromatic rings. The lowest BCUT2D eigenvalue weighted by Crippen LogP contribution is -2.40. The third-order valence-corrected chi connectivity index (χ3v) is 5.25. The molecule has 0 aliphatic rings. The maximum atomic E-state index is 11.2. The third-order valence-electron chi connectivity index (χ3n) is 1.27. The van der Waals surface area contributed by atoms with E-state index in [1.54, 1.807) is 0 Å². The van der Waals surface area contributed by atoms with Crippen molar-refractivity contribution in [2.45, 2.75) is 12.3 Å². The molecule has 0 saturated carbocycles. The van der Waals surface area contributed by atoms with Crippen molar-refractivity contribution in [3.8, 4) is 0 Å². The van der Waals surface area contributed by atoms with Crippen LogP contribution in [0.5, 0.6) is 0 Å². The van der Waals surface area contributed by atoms with Crippen molar-refractivity contribution in [3.63, 3.8) is 0 Å². The van der Waals surface area contributed by atoms with Gasteiger partial charge in [0, 0.05) is 0 Å². The van der Waals surface area contributed by atoms with Crippen molar-refractivity contribution in [1.29, 1.82) is 0 Å². The van der Waals surface area contributed by atoms with E-state index in [1.807, 2.05) is 0 Å². The van der Waals surface area contributed by atoms with E-state index >= 15 is 0 Å². The molecule has 0 rings (SSSR count). The van der Waals surface area contributed by atoms with Crippen molar-refractivity contribution in [1.82, 2.24) is 5.09 Å². The summed E-state index contributed by atoms with van der Waals surface area (Å²) in [5.74, 6) is 0. The van der Waals surface area contributed by atoms with E-state index in [0.29, 0.717) is 0 Å². The number of aliphatic hydroxyl groups excluding tert-OH is 3. The van der Waals surface area contributed by atoms with Gasteiger partial charge in [-0.15, -0.1) is 0 Å². The summed E-state index contributed by atoms with van der Waals surface area (Å²) in [6.07, 6.45) is -4.15. The van der Waals surface area contributed by atoms with Gasteiger partial charge < -0.3 is 34.9 Å². The van der Waals surface area contributed by atoms with Gasteiger partial charge in [-0.1, -0.05) is 0 Å². The van der Waals surface area contributed by atoms with E-state index in [2.05, 4.69) is 8.62 Å². The number of hydrogen-bond acceptors (Lipinski definition) is 8. The average Bonchev–Trinajstić information content (AvgIpc) is 2.08. The normalized spacial score (nSPS) is 22.3. The average molecular weight is 347 g/mol. The second-order valence-corrected chi connectivity index (χ2v) is 7.49. The fourth-order valence-electron chi connectivity index (χ4n) is 0.666. The summed E-state index contributed by atoms with van der Waals surface area (Å²) in [5.41, 5.74) is 0. The predicted molar refractivity (Wildman–Crippen MR) is 56.1 cm³/mol. The maximum absolute atomic E-state index is 11.2. The molecule has 0 aromatic heterocycles. The molecule has 0 aliphatic carbocycles. The van der Waals surface area contributed by atoms with E-state index in [9.17, 15) is 13.7 Å². The van der Waals surface area contributed by atoms with Gasteiger partial charge >= 0.3 is 23.4 Å². The molecule has 0 aliphatic heterocycles. The van der Waals surface area contributed by atoms with Crippen LogP contribution < -0.4 is 5.09 Å². The molecule has 0 spiro atoms. The number of aliphatic hydroxyl groups is 3. The number of nitrogens with one attached hydrogen (secondary N) is 1. The van der Waals surface area contributed by atoms with Crippen LogP contribution in [0.1, 0.15) is 0 Å². The Kier molecular flexibility index (Phi) is 6.94. The van der Waals surface area contributed by atoms with Gasteiger partial charge in [-0.2, -0.15) is 13.7 Å². The molecular formula is C3H12NO12P3. The molecule has 13 nitrogen and oxygen atoms in total. The zero-order chi connectivity index (χ0) is 15.5. The highest BCUT2D eigenvalue weighted by molar-refractivity contribution is 7.67. The number of phosphoric acid groups is 2. The summed E-state index contributed by atoms with van der Waals surface area (Å²) in [6.45, 7) is -1.02. The molecular weight excluding hydrogens is 335 g/mol. The van der Waals surface area contributed by atoms with Crippen LogP contribution in [0.15, 0.2) is 0 Å². The van der Waals surface area contributed by atoms with Gasteiger partial charge in [0.05, 0.1) is 6.61 Å². The molecule has 0 bridgehead atoms. The second-order valence-electron chi connectivity index (χ2n) is 2.97. The van der Waals surface area contributed by atoms with E-state index in [1.165, 1.54) is 5.09 Å². The number of rotatable bonds is 8. The van der Waals surface area contributed by atoms with Gasteiger partial charge in [-0.25, -0.2) is 13.7 Å². The first-order chi connectivity index (χ1) is 8.28. The molecule has 116 valence electrons. The van der Waals surface area contributed by atoms with Crippen molar-refractivity contribution in [2.24, 2.45) is 0 Å². The molecule has 0 aromatic carbocycles. The Balaban J connectivity index is 4.73. The van der Waals surface area contributed by atoms with Gasteiger partial charge in [0.15, 0.2) is 0 Å². The Morgan fingerprint density at radius 2 is 1.47 bits per heavy atom. The van der Waals surface area contributed by atoms with Crippen LogP contribution in [-0.2, 0) is 22.3 Å². The molecule has 0 radical (unpaired) electrons. The van der Waals surface area contributed by atoms with E-state index < -0.39 is 42.3 Å². The van der Waals surface area contributed by atoms with Gasteiger partial charge in [0.2, 0.25) is 0 Å². The monoisotopic (exact) mass is 347 g/mol. The predicted octanol–water partition coefficient (Wildman–Crippen LogP) is -2.43. The summed E-state index contributed by atoms with van der Waals surface area (Å²) in [5, 5.41) is 27.4. The zero-order valence-corrected chi connectivity index (χ0v) is 11.6. The number of hydrogen-bond donors (Lipinski definition) is 8. The van der Waals surface area contributed by atoms with Crippen LogP contribution >= 0.6 is 23.4 Å². The minimum atomic E-state index is -5.62. The van der Waals surface area contributed by atoms with Crippen LogP contribution in [0, 0.1) is 0 Å². The zero-order valence-electron chi connectivity index (χ0n) is 8.88. The summed E-state index contributed by atoms with van der Waals surface area (Å²) in [6, 6.07) is 0. The molecule has 0 amide bonds. The van der Waals surface area contributed by atoms with Crippen molar-refractivity contribution >= 4 is 23.4 Å². The van der Waals surface area contributed by atoms with E-state index in [4.69, 9.17) is 34.9 Å². The van der Waals surface area contributed by atoms with Crippen LogP contribution in [-0.4, -0.2) is 53.8 Å². The van der Waals surface area contributed by atoms with Crippen molar-refractivity contribution in [3.05, 3.63) is 0 Å². The van der Waals surface area contributed by atoms with E-state index in [-0.39, 0.29) is 0 Å². The first-order valence-corrected chi connectivity index (χ1v) is 8.77. The Morgan fingerprint density at radius 1 is 1.00 bits per heavy atom. The van der Waals surface area contributed by atoms with Gasteiger partial charge in [-0.05, 0) is 0 Å². The van der Waals surface area contributed by atoms with Crippen LogP contribution in [0.25, 0.3) is 0 Å².